The molecule has 280 valence electrons. The number of hydrogen-bond donors (Lipinski definition) is 1. The molecular formula is C55H50N2. The summed E-state index contributed by atoms with van der Waals surface area (Å²) >= 11 is 0. The first kappa shape index (κ1) is 36.3. The summed E-state index contributed by atoms with van der Waals surface area (Å²) in [4.78, 5) is 2.37. The number of hydrogen-bond acceptors (Lipinski definition) is 2. The lowest BCUT2D eigenvalue weighted by Gasteiger charge is -2.31. The van der Waals surface area contributed by atoms with Gasteiger partial charge in [0.25, 0.3) is 0 Å². The second-order valence-corrected chi connectivity index (χ2v) is 15.9. The molecule has 9 rings (SSSR count). The molecule has 0 heterocycles. The Morgan fingerprint density at radius 2 is 1.12 bits per heavy atom. The maximum Gasteiger partial charge on any atom is 0.0560 e. The third-order valence-corrected chi connectivity index (χ3v) is 12.1. The number of aryl methyl sites for hydroxylation is 1. The summed E-state index contributed by atoms with van der Waals surface area (Å²) in [6.07, 6.45) is 28.5. The van der Waals surface area contributed by atoms with E-state index >= 15 is 0 Å². The minimum atomic E-state index is 0.0732. The monoisotopic (exact) mass is 738 g/mol. The van der Waals surface area contributed by atoms with Gasteiger partial charge in [-0.1, -0.05) is 170 Å². The number of rotatable bonds is 10. The number of anilines is 4. The van der Waals surface area contributed by atoms with Crippen molar-refractivity contribution < 1.29 is 0 Å². The second-order valence-electron chi connectivity index (χ2n) is 15.9. The van der Waals surface area contributed by atoms with Crippen LogP contribution in [0.1, 0.15) is 56.6 Å². The molecule has 0 fully saturated rings. The average Bonchev–Trinajstić information content (AvgIpc) is 3.28. The minimum Gasteiger partial charge on any atom is -0.398 e. The fourth-order valence-electron chi connectivity index (χ4n) is 8.72. The Labute approximate surface area is 338 Å². The van der Waals surface area contributed by atoms with E-state index in [1.54, 1.807) is 0 Å². The van der Waals surface area contributed by atoms with E-state index in [1.807, 2.05) is 0 Å². The van der Waals surface area contributed by atoms with Gasteiger partial charge in [0.05, 0.1) is 5.69 Å². The van der Waals surface area contributed by atoms with Crippen molar-refractivity contribution in [1.82, 2.24) is 0 Å². The van der Waals surface area contributed by atoms with E-state index in [0.29, 0.717) is 0 Å². The third kappa shape index (κ3) is 7.61. The maximum absolute atomic E-state index is 7.12. The highest BCUT2D eigenvalue weighted by atomic mass is 15.1. The predicted molar refractivity (Wildman–Crippen MR) is 245 cm³/mol. The van der Waals surface area contributed by atoms with Crippen LogP contribution >= 0.6 is 0 Å². The van der Waals surface area contributed by atoms with Crippen LogP contribution < -0.4 is 10.6 Å². The van der Waals surface area contributed by atoms with Gasteiger partial charge in [-0.2, -0.15) is 0 Å². The van der Waals surface area contributed by atoms with Crippen LogP contribution in [0.3, 0.4) is 0 Å². The highest BCUT2D eigenvalue weighted by Gasteiger charge is 2.26. The molecule has 57 heavy (non-hydrogen) atoms. The smallest absolute Gasteiger partial charge is 0.0560 e. The first-order chi connectivity index (χ1) is 28.0. The molecule has 0 saturated heterocycles. The molecule has 1 atom stereocenters. The fraction of sp³-hybridized carbons (Fsp3) is 0.164. The number of nitrogen functional groups attached to an aromatic ring is 1. The summed E-state index contributed by atoms with van der Waals surface area (Å²) in [5, 5.41) is 2.40. The second kappa shape index (κ2) is 16.0. The molecule has 0 saturated carbocycles. The number of nitrogens with two attached hydrogens (primary N) is 1. The van der Waals surface area contributed by atoms with Gasteiger partial charge in [-0.15, -0.1) is 0 Å². The normalized spacial score (nSPS) is 17.6. The molecular weight excluding hydrogens is 689 g/mol. The lowest BCUT2D eigenvalue weighted by atomic mass is 9.74. The molecule has 6 aromatic carbocycles. The molecule has 3 aliphatic rings. The van der Waals surface area contributed by atoms with Crippen molar-refractivity contribution in [3.63, 3.8) is 0 Å². The molecule has 2 nitrogen and oxygen atoms in total. The first-order valence-corrected chi connectivity index (χ1v) is 20.6. The Kier molecular flexibility index (Phi) is 10.2. The van der Waals surface area contributed by atoms with E-state index in [1.165, 1.54) is 60.9 Å². The van der Waals surface area contributed by atoms with Crippen molar-refractivity contribution in [2.75, 3.05) is 10.6 Å². The standard InChI is InChI=1S/C55H50N2/c1-55(47-17-9-4-10-18-47)37-35-40(36-38-55)21-34-51-50-19-11-12-20-52(50)54(39-53(51)56)57(48-30-26-45(27-31-48)42-15-7-3-8-16-42)49-32-28-46(29-33-49)44-24-22-43(23-25-44)41-13-5-2-6-14-41/h3,5,7-9,11-20,22-33,35-37,39H,2,4,6,10,21,34,38,56H2,1H3. The lowest BCUT2D eigenvalue weighted by molar-refractivity contribution is 0.521. The summed E-state index contributed by atoms with van der Waals surface area (Å²) in [5.74, 6) is 0. The van der Waals surface area contributed by atoms with Gasteiger partial charge in [0.1, 0.15) is 0 Å². The molecule has 2 heteroatoms. The quantitative estimate of drug-likeness (QED) is 0.142. The van der Waals surface area contributed by atoms with Gasteiger partial charge in [-0.05, 0) is 125 Å². The molecule has 6 aromatic rings. The Bertz CT molecular complexity index is 2580. The Balaban J connectivity index is 1.05. The van der Waals surface area contributed by atoms with Crippen LogP contribution in [0.4, 0.5) is 22.7 Å². The van der Waals surface area contributed by atoms with Crippen LogP contribution in [-0.4, -0.2) is 0 Å². The van der Waals surface area contributed by atoms with Gasteiger partial charge in [-0.25, -0.2) is 0 Å². The average molecular weight is 739 g/mol. The van der Waals surface area contributed by atoms with Crippen molar-refractivity contribution in [3.8, 4) is 22.3 Å². The van der Waals surface area contributed by atoms with E-state index in [4.69, 9.17) is 5.73 Å². The number of benzene rings is 6. The van der Waals surface area contributed by atoms with E-state index in [-0.39, 0.29) is 5.41 Å². The summed E-state index contributed by atoms with van der Waals surface area (Å²) in [6, 6.07) is 48.4. The summed E-state index contributed by atoms with van der Waals surface area (Å²) < 4.78 is 0. The molecule has 0 bridgehead atoms. The van der Waals surface area contributed by atoms with Crippen LogP contribution in [0.5, 0.6) is 0 Å². The van der Waals surface area contributed by atoms with Gasteiger partial charge in [-0.3, -0.25) is 0 Å². The predicted octanol–water partition coefficient (Wildman–Crippen LogP) is 15.1. The molecule has 0 spiro atoms. The van der Waals surface area contributed by atoms with Crippen molar-refractivity contribution in [2.45, 2.75) is 51.9 Å². The Morgan fingerprint density at radius 1 is 0.544 bits per heavy atom. The van der Waals surface area contributed by atoms with Crippen LogP contribution in [0, 0.1) is 5.41 Å². The summed E-state index contributed by atoms with van der Waals surface area (Å²) in [6.45, 7) is 2.36. The summed E-state index contributed by atoms with van der Waals surface area (Å²) in [7, 11) is 0. The highest BCUT2D eigenvalue weighted by Crippen LogP contribution is 2.44. The molecule has 0 aromatic heterocycles. The van der Waals surface area contributed by atoms with Crippen LogP contribution in [0.25, 0.3) is 38.6 Å². The molecule has 1 unspecified atom stereocenters. The van der Waals surface area contributed by atoms with E-state index < -0.39 is 0 Å². The van der Waals surface area contributed by atoms with Gasteiger partial charge < -0.3 is 10.6 Å². The van der Waals surface area contributed by atoms with E-state index in [0.717, 1.165) is 67.7 Å². The van der Waals surface area contributed by atoms with Gasteiger partial charge in [0, 0.05) is 27.9 Å². The fourth-order valence-corrected chi connectivity index (χ4v) is 8.72. The highest BCUT2D eigenvalue weighted by molar-refractivity contribution is 6.03. The lowest BCUT2D eigenvalue weighted by Crippen LogP contribution is -2.18. The van der Waals surface area contributed by atoms with Gasteiger partial charge >= 0.3 is 0 Å². The van der Waals surface area contributed by atoms with Gasteiger partial charge in [0.15, 0.2) is 0 Å². The topological polar surface area (TPSA) is 29.3 Å². The number of fused-ring (bicyclic) bond motifs is 1. The molecule has 0 aliphatic heterocycles. The largest absolute Gasteiger partial charge is 0.398 e. The Hall–Kier alpha value is -6.38. The van der Waals surface area contributed by atoms with Crippen LogP contribution in [0.15, 0.2) is 199 Å². The zero-order valence-corrected chi connectivity index (χ0v) is 32.9. The van der Waals surface area contributed by atoms with Crippen LogP contribution in [0.2, 0.25) is 0 Å². The number of allylic oxidation sites excluding steroid dienone is 12. The van der Waals surface area contributed by atoms with Crippen molar-refractivity contribution >= 4 is 39.1 Å². The van der Waals surface area contributed by atoms with Gasteiger partial charge in [0.2, 0.25) is 0 Å². The van der Waals surface area contributed by atoms with Crippen molar-refractivity contribution in [3.05, 3.63) is 210 Å². The number of nitrogens with zero attached hydrogens (tertiary/aromatic N) is 1. The summed E-state index contributed by atoms with van der Waals surface area (Å²) in [5.41, 5.74) is 22.7. The molecule has 0 amide bonds. The minimum absolute atomic E-state index is 0.0732. The van der Waals surface area contributed by atoms with E-state index in [2.05, 4.69) is 200 Å². The SMILES string of the molecule is CC1(C2=CCCC=C2)C=CC(CCc2c(N)cc(N(c3ccc(-c4ccccc4)cc3)c3ccc(-c4ccc(C5=CCCC=C5)cc4)cc3)c3ccccc23)=CC1. The zero-order chi connectivity index (χ0) is 38.6. The van der Waals surface area contributed by atoms with Crippen LogP contribution in [-0.2, 0) is 6.42 Å². The Morgan fingerprint density at radius 3 is 1.72 bits per heavy atom. The van der Waals surface area contributed by atoms with E-state index in [9.17, 15) is 0 Å². The molecule has 3 aliphatic carbocycles. The first-order valence-electron chi connectivity index (χ1n) is 20.6. The maximum atomic E-state index is 7.12. The third-order valence-electron chi connectivity index (χ3n) is 12.1. The zero-order valence-electron chi connectivity index (χ0n) is 32.9. The molecule has 2 N–H and O–H groups in total. The molecule has 0 radical (unpaired) electrons. The van der Waals surface area contributed by atoms with Crippen molar-refractivity contribution in [1.29, 1.82) is 0 Å². The van der Waals surface area contributed by atoms with Crippen molar-refractivity contribution in [2.24, 2.45) is 5.41 Å².